The zero-order valence-electron chi connectivity index (χ0n) is 12.9. The predicted octanol–water partition coefficient (Wildman–Crippen LogP) is 2.82. The summed E-state index contributed by atoms with van der Waals surface area (Å²) in [7, 11) is 0. The Bertz CT molecular complexity index is 912. The van der Waals surface area contributed by atoms with Crippen molar-refractivity contribution in [2.24, 2.45) is 0 Å². The van der Waals surface area contributed by atoms with Crippen LogP contribution < -0.4 is 0 Å². The average molecular weight is 374 g/mol. The Hall–Kier alpha value is -2.15. The highest BCUT2D eigenvalue weighted by atomic mass is 79.9. The topological polar surface area (TPSA) is 55.4 Å². The third-order valence-electron chi connectivity index (χ3n) is 4.40. The van der Waals surface area contributed by atoms with E-state index < -0.39 is 0 Å². The first-order valence-electron chi connectivity index (χ1n) is 7.52. The molecule has 0 bridgehead atoms. The fourth-order valence-electron chi connectivity index (χ4n) is 3.14. The number of carbonyl (C=O) groups is 1. The number of hydrogen-bond donors (Lipinski definition) is 0. The van der Waals surface area contributed by atoms with Gasteiger partial charge in [0, 0.05) is 35.6 Å². The largest absolute Gasteiger partial charge is 0.329 e. The van der Waals surface area contributed by atoms with Crippen LogP contribution in [0.3, 0.4) is 0 Å². The Morgan fingerprint density at radius 3 is 3.00 bits per heavy atom. The molecule has 0 saturated heterocycles. The number of imidazole rings is 1. The monoisotopic (exact) mass is 373 g/mol. The highest BCUT2D eigenvalue weighted by Gasteiger charge is 2.31. The Morgan fingerprint density at radius 2 is 2.17 bits per heavy atom. The van der Waals surface area contributed by atoms with E-state index in [1.165, 1.54) is 0 Å². The maximum absolute atomic E-state index is 12.9. The first-order valence-corrected chi connectivity index (χ1v) is 8.32. The molecule has 3 aromatic heterocycles. The normalized spacial score (nSPS) is 17.5. The zero-order chi connectivity index (χ0) is 16.1. The van der Waals surface area contributed by atoms with Crippen LogP contribution in [0.15, 0.2) is 35.1 Å². The van der Waals surface area contributed by atoms with Gasteiger partial charge in [-0.3, -0.25) is 4.79 Å². The summed E-state index contributed by atoms with van der Waals surface area (Å²) in [6, 6.07) is 5.65. The van der Waals surface area contributed by atoms with Crippen molar-refractivity contribution in [3.8, 4) is 0 Å². The van der Waals surface area contributed by atoms with E-state index in [2.05, 4.69) is 30.6 Å². The van der Waals surface area contributed by atoms with Crippen molar-refractivity contribution in [1.29, 1.82) is 0 Å². The molecule has 0 spiro atoms. The summed E-state index contributed by atoms with van der Waals surface area (Å²) in [5.74, 6) is 0.887. The van der Waals surface area contributed by atoms with Gasteiger partial charge in [0.25, 0.3) is 5.91 Å². The number of fused-ring (bicyclic) bond motifs is 2. The maximum atomic E-state index is 12.9. The van der Waals surface area contributed by atoms with E-state index in [0.29, 0.717) is 12.2 Å². The molecule has 1 unspecified atom stereocenters. The number of hydrogen-bond acceptors (Lipinski definition) is 3. The van der Waals surface area contributed by atoms with Crippen LogP contribution in [0.1, 0.15) is 35.0 Å². The Labute approximate surface area is 141 Å². The van der Waals surface area contributed by atoms with E-state index in [1.54, 1.807) is 4.52 Å². The highest BCUT2D eigenvalue weighted by Crippen LogP contribution is 2.26. The van der Waals surface area contributed by atoms with Gasteiger partial charge in [0.05, 0.1) is 11.6 Å². The van der Waals surface area contributed by atoms with Crippen LogP contribution in [0.25, 0.3) is 5.52 Å². The summed E-state index contributed by atoms with van der Waals surface area (Å²) in [5, 5.41) is 4.41. The molecule has 0 aromatic carbocycles. The molecule has 3 aromatic rings. The zero-order valence-corrected chi connectivity index (χ0v) is 14.5. The molecule has 0 saturated carbocycles. The molecule has 7 heteroatoms. The van der Waals surface area contributed by atoms with E-state index in [1.807, 2.05) is 49.3 Å². The van der Waals surface area contributed by atoms with Crippen LogP contribution in [0, 0.1) is 6.92 Å². The fourth-order valence-corrected chi connectivity index (χ4v) is 3.46. The lowest BCUT2D eigenvalue weighted by molar-refractivity contribution is 0.0630. The molecule has 0 radical (unpaired) electrons. The molecule has 0 fully saturated rings. The summed E-state index contributed by atoms with van der Waals surface area (Å²) in [4.78, 5) is 19.2. The molecule has 4 heterocycles. The summed E-state index contributed by atoms with van der Waals surface area (Å²) in [5.41, 5.74) is 2.50. The number of aryl methyl sites for hydroxylation is 1. The first-order chi connectivity index (χ1) is 11.0. The van der Waals surface area contributed by atoms with Gasteiger partial charge < -0.3 is 9.47 Å². The van der Waals surface area contributed by atoms with Gasteiger partial charge in [-0.15, -0.1) is 0 Å². The van der Waals surface area contributed by atoms with Gasteiger partial charge in [0.15, 0.2) is 5.69 Å². The molecular weight excluding hydrogens is 358 g/mol. The van der Waals surface area contributed by atoms with E-state index in [4.69, 9.17) is 0 Å². The summed E-state index contributed by atoms with van der Waals surface area (Å²) >= 11 is 3.42. The smallest absolute Gasteiger partial charge is 0.275 e. The molecular formula is C16H16BrN5O. The molecule has 1 amide bonds. The Morgan fingerprint density at radius 1 is 1.35 bits per heavy atom. The Kier molecular flexibility index (Phi) is 3.26. The van der Waals surface area contributed by atoms with Crippen LogP contribution in [-0.4, -0.2) is 36.5 Å². The van der Waals surface area contributed by atoms with Crippen molar-refractivity contribution in [2.45, 2.75) is 26.4 Å². The number of nitrogens with zero attached hydrogens (tertiary/aromatic N) is 5. The van der Waals surface area contributed by atoms with E-state index in [9.17, 15) is 4.79 Å². The number of amides is 1. The number of rotatable bonds is 1. The number of halogens is 1. The molecule has 1 atom stereocenters. The third kappa shape index (κ3) is 2.26. The van der Waals surface area contributed by atoms with Crippen LogP contribution in [-0.2, 0) is 6.54 Å². The molecule has 118 valence electrons. The van der Waals surface area contributed by atoms with Crippen molar-refractivity contribution >= 4 is 27.4 Å². The molecule has 0 aliphatic carbocycles. The molecule has 0 N–H and O–H groups in total. The van der Waals surface area contributed by atoms with Gasteiger partial charge in [-0.25, -0.2) is 9.50 Å². The number of pyridine rings is 1. The van der Waals surface area contributed by atoms with E-state index in [0.717, 1.165) is 28.1 Å². The van der Waals surface area contributed by atoms with E-state index in [-0.39, 0.29) is 11.9 Å². The maximum Gasteiger partial charge on any atom is 0.275 e. The van der Waals surface area contributed by atoms with Crippen molar-refractivity contribution in [3.63, 3.8) is 0 Å². The predicted molar refractivity (Wildman–Crippen MR) is 89.3 cm³/mol. The first kappa shape index (κ1) is 14.4. The average Bonchev–Trinajstić information content (AvgIpc) is 3.11. The molecule has 6 nitrogen and oxygen atoms in total. The van der Waals surface area contributed by atoms with Gasteiger partial charge in [0.1, 0.15) is 5.82 Å². The van der Waals surface area contributed by atoms with Crippen LogP contribution in [0.5, 0.6) is 0 Å². The quantitative estimate of drug-likeness (QED) is 0.658. The minimum atomic E-state index is -0.0542. The fraction of sp³-hybridized carbons (Fsp3) is 0.312. The standard InChI is InChI=1S/C16H16BrN5O/c1-10-8-18-15-11(2)21(6-5-20(10)15)16(23)14-7-13-4-3-12(17)9-22(13)19-14/h3-4,7-9,11H,5-6H2,1-2H3. The summed E-state index contributed by atoms with van der Waals surface area (Å²) in [6.07, 6.45) is 3.71. The van der Waals surface area contributed by atoms with Gasteiger partial charge >= 0.3 is 0 Å². The van der Waals surface area contributed by atoms with Crippen LogP contribution >= 0.6 is 15.9 Å². The van der Waals surface area contributed by atoms with Crippen LogP contribution in [0.4, 0.5) is 0 Å². The van der Waals surface area contributed by atoms with Gasteiger partial charge in [-0.1, -0.05) is 0 Å². The molecule has 23 heavy (non-hydrogen) atoms. The number of aromatic nitrogens is 4. The summed E-state index contributed by atoms with van der Waals surface area (Å²) in [6.45, 7) is 5.50. The van der Waals surface area contributed by atoms with Gasteiger partial charge in [-0.2, -0.15) is 5.10 Å². The van der Waals surface area contributed by atoms with Crippen molar-refractivity contribution in [2.75, 3.05) is 6.54 Å². The van der Waals surface area contributed by atoms with Crippen molar-refractivity contribution in [1.82, 2.24) is 24.1 Å². The second-order valence-electron chi connectivity index (χ2n) is 5.83. The third-order valence-corrected chi connectivity index (χ3v) is 4.86. The van der Waals surface area contributed by atoms with Gasteiger partial charge in [-0.05, 0) is 48.0 Å². The lowest BCUT2D eigenvalue weighted by Crippen LogP contribution is -2.41. The van der Waals surface area contributed by atoms with Gasteiger partial charge in [0.2, 0.25) is 0 Å². The molecule has 4 rings (SSSR count). The second-order valence-corrected chi connectivity index (χ2v) is 6.75. The molecule has 1 aliphatic rings. The van der Waals surface area contributed by atoms with Crippen molar-refractivity contribution in [3.05, 3.63) is 52.3 Å². The lowest BCUT2D eigenvalue weighted by Gasteiger charge is -2.33. The lowest BCUT2D eigenvalue weighted by atomic mass is 10.2. The van der Waals surface area contributed by atoms with E-state index >= 15 is 0 Å². The highest BCUT2D eigenvalue weighted by molar-refractivity contribution is 9.10. The molecule has 1 aliphatic heterocycles. The number of carbonyl (C=O) groups excluding carboxylic acids is 1. The van der Waals surface area contributed by atoms with Crippen LogP contribution in [0.2, 0.25) is 0 Å². The second kappa shape index (κ2) is 5.19. The van der Waals surface area contributed by atoms with Crippen molar-refractivity contribution < 1.29 is 4.79 Å². The SMILES string of the molecule is Cc1cnc2n1CCN(C(=O)c1cc3ccc(Br)cn3n1)C2C. The minimum Gasteiger partial charge on any atom is -0.329 e. The minimum absolute atomic E-state index is 0.0516. The Balaban J connectivity index is 1.68. The summed E-state index contributed by atoms with van der Waals surface area (Å²) < 4.78 is 4.82.